The van der Waals surface area contributed by atoms with Crippen LogP contribution in [0.2, 0.25) is 0 Å². The van der Waals surface area contributed by atoms with Crippen LogP contribution >= 0.6 is 0 Å². The van der Waals surface area contributed by atoms with Crippen LogP contribution in [0.3, 0.4) is 0 Å². The second kappa shape index (κ2) is 7.20. The number of hydrogen-bond acceptors (Lipinski definition) is 6. The van der Waals surface area contributed by atoms with Crippen molar-refractivity contribution in [1.82, 2.24) is 24.5 Å². The summed E-state index contributed by atoms with van der Waals surface area (Å²) < 4.78 is 23.8. The number of nitrogens with two attached hydrogens (primary N) is 1. The van der Waals surface area contributed by atoms with E-state index in [2.05, 4.69) is 21.3 Å². The van der Waals surface area contributed by atoms with Gasteiger partial charge in [0.05, 0.1) is 11.4 Å². The standard InChI is InChI=1S/C23H20FN7O/c1-12-17-8-15(24)4-5-16(17)22-14(11-30(2)29-22)6-19-21(18(9-25)28-31(19)3)13-7-20(32-12)23(26)27-10-13/h4-5,7-8,10-12H,6H2,1-3H3,(H2,26,27)/t12-/m1/s1. The molecular formula is C23H20FN7O. The molecule has 8 nitrogen and oxygen atoms in total. The fourth-order valence-electron chi connectivity index (χ4n) is 4.24. The number of nitrogen functional groups attached to an aromatic ring is 1. The molecule has 2 bridgehead atoms. The van der Waals surface area contributed by atoms with E-state index in [0.29, 0.717) is 28.9 Å². The minimum absolute atomic E-state index is 0.207. The van der Waals surface area contributed by atoms with Crippen LogP contribution < -0.4 is 10.5 Å². The highest BCUT2D eigenvalue weighted by atomic mass is 19.1. The van der Waals surface area contributed by atoms with Gasteiger partial charge >= 0.3 is 0 Å². The molecule has 9 heteroatoms. The van der Waals surface area contributed by atoms with Crippen LogP contribution in [0.4, 0.5) is 10.2 Å². The van der Waals surface area contributed by atoms with Crippen LogP contribution in [-0.2, 0) is 20.5 Å². The lowest BCUT2D eigenvalue weighted by atomic mass is 9.94. The normalized spacial score (nSPS) is 14.8. The van der Waals surface area contributed by atoms with Crippen molar-refractivity contribution in [3.63, 3.8) is 0 Å². The molecule has 0 amide bonds. The lowest BCUT2D eigenvalue weighted by Crippen LogP contribution is -2.09. The van der Waals surface area contributed by atoms with Crippen molar-refractivity contribution in [3.8, 4) is 34.2 Å². The Hall–Kier alpha value is -4.19. The summed E-state index contributed by atoms with van der Waals surface area (Å²) in [5.41, 5.74) is 11.6. The van der Waals surface area contributed by atoms with Crippen LogP contribution in [0, 0.1) is 17.1 Å². The van der Waals surface area contributed by atoms with Crippen molar-refractivity contribution in [3.05, 3.63) is 65.0 Å². The highest BCUT2D eigenvalue weighted by Gasteiger charge is 2.26. The predicted octanol–water partition coefficient (Wildman–Crippen LogP) is 3.52. The molecule has 32 heavy (non-hydrogen) atoms. The van der Waals surface area contributed by atoms with Crippen molar-refractivity contribution in [2.24, 2.45) is 14.1 Å². The van der Waals surface area contributed by atoms with E-state index in [0.717, 1.165) is 22.5 Å². The maximum atomic E-state index is 14.2. The number of benzene rings is 1. The first-order chi connectivity index (χ1) is 15.4. The SMILES string of the molecule is C[C@H]1Oc2cc(cnc2N)-c2c(C#N)nn(C)c2Cc2cn(C)nc2-c2ccc(F)cc21. The topological polar surface area (TPSA) is 108 Å². The number of hydrogen-bond donors (Lipinski definition) is 1. The highest BCUT2D eigenvalue weighted by molar-refractivity contribution is 5.75. The Morgan fingerprint density at radius 1 is 1.25 bits per heavy atom. The second-order valence-corrected chi connectivity index (χ2v) is 7.86. The summed E-state index contributed by atoms with van der Waals surface area (Å²) in [7, 11) is 3.64. The minimum Gasteiger partial charge on any atom is -0.482 e. The molecule has 5 rings (SSSR count). The lowest BCUT2D eigenvalue weighted by molar-refractivity contribution is 0.227. The number of ether oxygens (including phenoxy) is 1. The zero-order valence-electron chi connectivity index (χ0n) is 17.8. The molecule has 1 aromatic carbocycles. The Kier molecular flexibility index (Phi) is 4.44. The summed E-state index contributed by atoms with van der Waals surface area (Å²) in [6, 6.07) is 8.52. The number of nitriles is 1. The Bertz CT molecular complexity index is 1410. The molecular weight excluding hydrogens is 409 g/mol. The number of rotatable bonds is 0. The fraction of sp³-hybridized carbons (Fsp3) is 0.217. The number of halogens is 1. The molecule has 0 spiro atoms. The first-order valence-electron chi connectivity index (χ1n) is 10.1. The molecule has 0 saturated heterocycles. The van der Waals surface area contributed by atoms with Crippen LogP contribution in [0.25, 0.3) is 22.4 Å². The zero-order valence-corrected chi connectivity index (χ0v) is 17.8. The Balaban J connectivity index is 1.85. The smallest absolute Gasteiger partial charge is 0.170 e. The molecule has 1 atom stereocenters. The predicted molar refractivity (Wildman–Crippen MR) is 116 cm³/mol. The van der Waals surface area contributed by atoms with E-state index in [4.69, 9.17) is 10.5 Å². The average molecular weight is 429 g/mol. The van der Waals surface area contributed by atoms with Gasteiger partial charge in [0.15, 0.2) is 17.3 Å². The monoisotopic (exact) mass is 429 g/mol. The van der Waals surface area contributed by atoms with Crippen molar-refractivity contribution >= 4 is 5.82 Å². The number of aryl methyl sites for hydroxylation is 2. The van der Waals surface area contributed by atoms with E-state index in [-0.39, 0.29) is 17.3 Å². The van der Waals surface area contributed by atoms with Crippen molar-refractivity contribution in [2.45, 2.75) is 19.4 Å². The van der Waals surface area contributed by atoms with E-state index in [9.17, 15) is 9.65 Å². The van der Waals surface area contributed by atoms with E-state index in [1.165, 1.54) is 12.1 Å². The molecule has 3 aromatic heterocycles. The molecule has 1 aliphatic heterocycles. The van der Waals surface area contributed by atoms with Gasteiger partial charge in [-0.25, -0.2) is 9.37 Å². The number of anilines is 1. The van der Waals surface area contributed by atoms with Gasteiger partial charge in [0, 0.05) is 60.7 Å². The van der Waals surface area contributed by atoms with Gasteiger partial charge < -0.3 is 10.5 Å². The first kappa shape index (κ1) is 19.8. The van der Waals surface area contributed by atoms with Gasteiger partial charge in [0.1, 0.15) is 18.0 Å². The largest absolute Gasteiger partial charge is 0.482 e. The Morgan fingerprint density at radius 2 is 2.06 bits per heavy atom. The molecule has 0 fully saturated rings. The van der Waals surface area contributed by atoms with Crippen molar-refractivity contribution in [1.29, 1.82) is 5.26 Å². The van der Waals surface area contributed by atoms with Gasteiger partial charge in [0.2, 0.25) is 0 Å². The number of fused-ring (bicyclic) bond motifs is 7. The number of aromatic nitrogens is 5. The number of nitrogens with zero attached hydrogens (tertiary/aromatic N) is 6. The van der Waals surface area contributed by atoms with Gasteiger partial charge in [-0.2, -0.15) is 15.5 Å². The zero-order chi connectivity index (χ0) is 22.6. The van der Waals surface area contributed by atoms with Gasteiger partial charge in [-0.3, -0.25) is 9.36 Å². The first-order valence-corrected chi connectivity index (χ1v) is 10.1. The molecule has 4 aromatic rings. The molecule has 0 radical (unpaired) electrons. The molecule has 4 heterocycles. The maximum Gasteiger partial charge on any atom is 0.170 e. The fourth-order valence-corrected chi connectivity index (χ4v) is 4.24. The minimum atomic E-state index is -0.530. The van der Waals surface area contributed by atoms with Gasteiger partial charge in [-0.05, 0) is 31.2 Å². The third-order valence-corrected chi connectivity index (χ3v) is 5.72. The molecule has 0 saturated carbocycles. The van der Waals surface area contributed by atoms with Crippen molar-refractivity contribution < 1.29 is 9.13 Å². The van der Waals surface area contributed by atoms with Crippen LogP contribution in [-0.4, -0.2) is 24.5 Å². The van der Waals surface area contributed by atoms with Crippen LogP contribution in [0.1, 0.15) is 35.5 Å². The van der Waals surface area contributed by atoms with Crippen LogP contribution in [0.15, 0.2) is 36.7 Å². The average Bonchev–Trinajstić information content (AvgIpc) is 3.28. The molecule has 160 valence electrons. The van der Waals surface area contributed by atoms with Crippen molar-refractivity contribution in [2.75, 3.05) is 5.73 Å². The maximum absolute atomic E-state index is 14.2. The quantitative estimate of drug-likeness (QED) is 0.458. The third kappa shape index (κ3) is 3.08. The van der Waals surface area contributed by atoms with Gasteiger partial charge in [-0.15, -0.1) is 0 Å². The summed E-state index contributed by atoms with van der Waals surface area (Å²) in [5, 5.41) is 18.8. The Morgan fingerprint density at radius 3 is 2.84 bits per heavy atom. The molecule has 1 aliphatic rings. The lowest BCUT2D eigenvalue weighted by Gasteiger charge is -2.20. The third-order valence-electron chi connectivity index (χ3n) is 5.72. The highest BCUT2D eigenvalue weighted by Crippen LogP contribution is 2.39. The summed E-state index contributed by atoms with van der Waals surface area (Å²) in [5.74, 6) is 0.194. The summed E-state index contributed by atoms with van der Waals surface area (Å²) in [6.07, 6.45) is 3.47. The van der Waals surface area contributed by atoms with E-state index >= 15 is 0 Å². The Labute approximate surface area is 183 Å². The molecule has 0 unspecified atom stereocenters. The molecule has 2 N–H and O–H groups in total. The second-order valence-electron chi connectivity index (χ2n) is 7.86. The summed E-state index contributed by atoms with van der Waals surface area (Å²) in [4.78, 5) is 4.28. The van der Waals surface area contributed by atoms with E-state index < -0.39 is 6.10 Å². The van der Waals surface area contributed by atoms with E-state index in [1.54, 1.807) is 34.7 Å². The van der Waals surface area contributed by atoms with Gasteiger partial charge in [-0.1, -0.05) is 0 Å². The summed E-state index contributed by atoms with van der Waals surface area (Å²) >= 11 is 0. The number of pyridine rings is 1. The van der Waals surface area contributed by atoms with Crippen LogP contribution in [0.5, 0.6) is 5.75 Å². The molecule has 0 aliphatic carbocycles. The van der Waals surface area contributed by atoms with E-state index in [1.807, 2.05) is 20.2 Å². The van der Waals surface area contributed by atoms with Gasteiger partial charge in [0.25, 0.3) is 0 Å². The summed E-state index contributed by atoms with van der Waals surface area (Å²) in [6.45, 7) is 1.83.